The smallest absolute Gasteiger partial charge is 0.337 e. The van der Waals surface area contributed by atoms with Gasteiger partial charge in [-0.25, -0.2) is 9.78 Å². The van der Waals surface area contributed by atoms with E-state index < -0.39 is 0 Å². The van der Waals surface area contributed by atoms with E-state index in [1.807, 2.05) is 30.3 Å². The summed E-state index contributed by atoms with van der Waals surface area (Å²) in [6.45, 7) is 2.04. The standard InChI is InChI=1S/C22H24N4O2/c1-28-21(27)16-10-12-17(13-11-16)23-22-24-19-9-5-4-8-18(19)20(25-22)26-14-6-2-3-7-15-26/h4-5,8-13H,2-3,6-7,14-15H2,1H3,(H,23,24,25). The molecule has 1 aromatic heterocycles. The van der Waals surface area contributed by atoms with Crippen LogP contribution in [0.1, 0.15) is 36.0 Å². The molecule has 0 amide bonds. The van der Waals surface area contributed by atoms with Crippen LogP contribution in [0.3, 0.4) is 0 Å². The Hall–Kier alpha value is -3.15. The molecule has 2 heterocycles. The summed E-state index contributed by atoms with van der Waals surface area (Å²) in [6.07, 6.45) is 4.93. The first-order valence-electron chi connectivity index (χ1n) is 9.72. The van der Waals surface area contributed by atoms with Crippen LogP contribution in [0.4, 0.5) is 17.5 Å². The molecule has 3 aromatic rings. The van der Waals surface area contributed by atoms with Crippen molar-refractivity contribution >= 4 is 34.3 Å². The number of para-hydroxylation sites is 1. The van der Waals surface area contributed by atoms with Crippen molar-refractivity contribution in [2.75, 3.05) is 30.4 Å². The second-order valence-corrected chi connectivity index (χ2v) is 6.98. The Labute approximate surface area is 164 Å². The quantitative estimate of drug-likeness (QED) is 0.674. The molecule has 1 aliphatic rings. The summed E-state index contributed by atoms with van der Waals surface area (Å²) in [4.78, 5) is 23.5. The predicted octanol–water partition coefficient (Wildman–Crippen LogP) is 4.54. The van der Waals surface area contributed by atoms with E-state index in [0.717, 1.165) is 35.5 Å². The first-order chi connectivity index (χ1) is 13.7. The van der Waals surface area contributed by atoms with Crippen LogP contribution in [0.15, 0.2) is 48.5 Å². The third-order valence-corrected chi connectivity index (χ3v) is 5.05. The molecule has 6 heteroatoms. The fourth-order valence-corrected chi connectivity index (χ4v) is 3.58. The topological polar surface area (TPSA) is 67.3 Å². The monoisotopic (exact) mass is 376 g/mol. The fourth-order valence-electron chi connectivity index (χ4n) is 3.58. The van der Waals surface area contributed by atoms with Crippen molar-refractivity contribution in [1.82, 2.24) is 9.97 Å². The highest BCUT2D eigenvalue weighted by Gasteiger charge is 2.16. The van der Waals surface area contributed by atoms with Gasteiger partial charge in [-0.15, -0.1) is 0 Å². The van der Waals surface area contributed by atoms with Crippen molar-refractivity contribution in [3.05, 3.63) is 54.1 Å². The Morgan fingerprint density at radius 3 is 2.39 bits per heavy atom. The molecule has 1 fully saturated rings. The molecule has 0 saturated carbocycles. The number of aromatic nitrogens is 2. The Balaban J connectivity index is 1.66. The van der Waals surface area contributed by atoms with Crippen LogP contribution < -0.4 is 10.2 Å². The highest BCUT2D eigenvalue weighted by atomic mass is 16.5. The van der Waals surface area contributed by atoms with Crippen molar-refractivity contribution in [2.24, 2.45) is 0 Å². The first kappa shape index (κ1) is 18.2. The Morgan fingerprint density at radius 1 is 0.964 bits per heavy atom. The van der Waals surface area contributed by atoms with Crippen LogP contribution in [0, 0.1) is 0 Å². The third kappa shape index (κ3) is 3.91. The molecule has 0 unspecified atom stereocenters. The van der Waals surface area contributed by atoms with E-state index in [1.54, 1.807) is 12.1 Å². The zero-order valence-corrected chi connectivity index (χ0v) is 16.0. The second kappa shape index (κ2) is 8.25. The Kier molecular flexibility index (Phi) is 5.37. The summed E-state index contributed by atoms with van der Waals surface area (Å²) in [5.41, 5.74) is 2.26. The van der Waals surface area contributed by atoms with Crippen molar-refractivity contribution in [1.29, 1.82) is 0 Å². The average molecular weight is 376 g/mol. The number of methoxy groups -OCH3 is 1. The molecule has 1 saturated heterocycles. The predicted molar refractivity (Wildman–Crippen MR) is 111 cm³/mol. The molecule has 0 spiro atoms. The number of nitrogens with one attached hydrogen (secondary N) is 1. The van der Waals surface area contributed by atoms with Crippen LogP contribution in [0.2, 0.25) is 0 Å². The molecule has 6 nitrogen and oxygen atoms in total. The minimum Gasteiger partial charge on any atom is -0.465 e. The van der Waals surface area contributed by atoms with Crippen LogP contribution >= 0.6 is 0 Å². The van der Waals surface area contributed by atoms with Crippen molar-refractivity contribution in [2.45, 2.75) is 25.7 Å². The van der Waals surface area contributed by atoms with Crippen LogP contribution in [-0.4, -0.2) is 36.1 Å². The van der Waals surface area contributed by atoms with Crippen LogP contribution in [0.5, 0.6) is 0 Å². The van der Waals surface area contributed by atoms with E-state index >= 15 is 0 Å². The molecule has 1 aliphatic heterocycles. The molecule has 1 N–H and O–H groups in total. The van der Waals surface area contributed by atoms with Gasteiger partial charge in [-0.1, -0.05) is 25.0 Å². The number of benzene rings is 2. The van der Waals surface area contributed by atoms with Crippen LogP contribution in [0.25, 0.3) is 10.9 Å². The van der Waals surface area contributed by atoms with Crippen LogP contribution in [-0.2, 0) is 4.74 Å². The van der Waals surface area contributed by atoms with Gasteiger partial charge in [0.05, 0.1) is 18.2 Å². The lowest BCUT2D eigenvalue weighted by Crippen LogP contribution is -2.25. The van der Waals surface area contributed by atoms with Crippen molar-refractivity contribution in [3.63, 3.8) is 0 Å². The number of carbonyl (C=O) groups excluding carboxylic acids is 1. The maximum Gasteiger partial charge on any atom is 0.337 e. The zero-order chi connectivity index (χ0) is 19.3. The minimum absolute atomic E-state index is 0.350. The second-order valence-electron chi connectivity index (χ2n) is 6.98. The van der Waals surface area contributed by atoms with Gasteiger partial charge in [0.2, 0.25) is 5.95 Å². The maximum atomic E-state index is 11.6. The lowest BCUT2D eigenvalue weighted by atomic mass is 10.2. The van der Waals surface area contributed by atoms with Gasteiger partial charge >= 0.3 is 5.97 Å². The van der Waals surface area contributed by atoms with Gasteiger partial charge in [0.1, 0.15) is 5.82 Å². The van der Waals surface area contributed by atoms with E-state index in [1.165, 1.54) is 32.8 Å². The summed E-state index contributed by atoms with van der Waals surface area (Å²) in [5, 5.41) is 4.35. The molecule has 144 valence electrons. The normalized spacial score (nSPS) is 14.5. The van der Waals surface area contributed by atoms with Gasteiger partial charge in [-0.2, -0.15) is 4.98 Å². The molecule has 0 radical (unpaired) electrons. The van der Waals surface area contributed by atoms with Crippen molar-refractivity contribution in [3.8, 4) is 0 Å². The van der Waals surface area contributed by atoms with Gasteiger partial charge < -0.3 is 15.0 Å². The largest absolute Gasteiger partial charge is 0.465 e. The lowest BCUT2D eigenvalue weighted by Gasteiger charge is -2.23. The van der Waals surface area contributed by atoms with Gasteiger partial charge in [-0.3, -0.25) is 0 Å². The number of nitrogens with zero attached hydrogens (tertiary/aromatic N) is 3. The molecule has 0 bridgehead atoms. The number of anilines is 3. The van der Waals surface area contributed by atoms with Gasteiger partial charge in [0.15, 0.2) is 0 Å². The molecule has 4 rings (SSSR count). The average Bonchev–Trinajstić information content (AvgIpc) is 3.02. The number of rotatable bonds is 4. The van der Waals surface area contributed by atoms with E-state index in [-0.39, 0.29) is 5.97 Å². The molecule has 0 atom stereocenters. The van der Waals surface area contributed by atoms with Gasteiger partial charge in [0, 0.05) is 24.2 Å². The summed E-state index contributed by atoms with van der Waals surface area (Å²) < 4.78 is 4.75. The van der Waals surface area contributed by atoms with E-state index in [4.69, 9.17) is 9.72 Å². The Morgan fingerprint density at radius 2 is 1.68 bits per heavy atom. The minimum atomic E-state index is -0.350. The third-order valence-electron chi connectivity index (χ3n) is 5.05. The fraction of sp³-hybridized carbons (Fsp3) is 0.318. The summed E-state index contributed by atoms with van der Waals surface area (Å²) in [5.74, 6) is 1.20. The number of fused-ring (bicyclic) bond motifs is 1. The van der Waals surface area contributed by atoms with Crippen molar-refractivity contribution < 1.29 is 9.53 Å². The first-order valence-corrected chi connectivity index (χ1v) is 9.72. The number of hydrogen-bond donors (Lipinski definition) is 1. The Bertz CT molecular complexity index is 964. The summed E-state index contributed by atoms with van der Waals surface area (Å²) in [6, 6.07) is 15.2. The SMILES string of the molecule is COC(=O)c1ccc(Nc2nc(N3CCCCCC3)c3ccccc3n2)cc1. The molecular weight excluding hydrogens is 352 g/mol. The van der Waals surface area contributed by atoms with E-state index in [2.05, 4.69) is 21.3 Å². The molecular formula is C22H24N4O2. The molecule has 28 heavy (non-hydrogen) atoms. The number of hydrogen-bond acceptors (Lipinski definition) is 6. The maximum absolute atomic E-state index is 11.6. The van der Waals surface area contributed by atoms with E-state index in [0.29, 0.717) is 11.5 Å². The number of carbonyl (C=O) groups is 1. The summed E-state index contributed by atoms with van der Waals surface area (Å²) >= 11 is 0. The lowest BCUT2D eigenvalue weighted by molar-refractivity contribution is 0.0601. The summed E-state index contributed by atoms with van der Waals surface area (Å²) in [7, 11) is 1.38. The zero-order valence-electron chi connectivity index (χ0n) is 16.0. The number of ether oxygens (including phenoxy) is 1. The van der Waals surface area contributed by atoms with E-state index in [9.17, 15) is 4.79 Å². The molecule has 0 aliphatic carbocycles. The highest BCUT2D eigenvalue weighted by Crippen LogP contribution is 2.28. The molecule has 2 aromatic carbocycles. The van der Waals surface area contributed by atoms with Gasteiger partial charge in [0.25, 0.3) is 0 Å². The highest BCUT2D eigenvalue weighted by molar-refractivity contribution is 5.91. The number of esters is 1. The van der Waals surface area contributed by atoms with Gasteiger partial charge in [-0.05, 0) is 49.2 Å².